The maximum Gasteiger partial charge on any atom is 0.391 e. The van der Waals surface area contributed by atoms with Crippen molar-refractivity contribution in [1.29, 1.82) is 0 Å². The van der Waals surface area contributed by atoms with Crippen LogP contribution in [-0.4, -0.2) is 49.7 Å². The van der Waals surface area contributed by atoms with Gasteiger partial charge in [0, 0.05) is 6.42 Å². The van der Waals surface area contributed by atoms with E-state index in [0.29, 0.717) is 0 Å². The molecule has 0 aromatic heterocycles. The summed E-state index contributed by atoms with van der Waals surface area (Å²) in [6.45, 7) is -0.588. The Morgan fingerprint density at radius 1 is 1.50 bits per heavy atom. The number of aliphatic hydroxyl groups is 1. The molecule has 4 N–H and O–H groups in total. The summed E-state index contributed by atoms with van der Waals surface area (Å²) < 4.78 is 10.3. The number of hydrogen-bond donors (Lipinski definition) is 4. The Hall–Kier alpha value is -0.790. The van der Waals surface area contributed by atoms with E-state index in [2.05, 4.69) is 0 Å². The second-order valence-corrected chi connectivity index (χ2v) is 4.11. The van der Waals surface area contributed by atoms with Crippen molar-refractivity contribution in [2.75, 3.05) is 6.54 Å². The number of hydroxylamine groups is 2. The zero-order valence-corrected chi connectivity index (χ0v) is 7.87. The Balaban J connectivity index is 4.07. The van der Waals surface area contributed by atoms with E-state index in [9.17, 15) is 14.2 Å². The van der Waals surface area contributed by atoms with Gasteiger partial charge in [0.2, 0.25) is 11.9 Å². The molecule has 0 heterocycles. The number of carbonyl (C=O) groups is 2. The summed E-state index contributed by atoms with van der Waals surface area (Å²) >= 11 is 0. The summed E-state index contributed by atoms with van der Waals surface area (Å²) in [5, 5.41) is 17.6. The van der Waals surface area contributed by atoms with Crippen LogP contribution in [0.15, 0.2) is 0 Å². The van der Waals surface area contributed by atoms with Crippen LogP contribution in [0, 0.1) is 0 Å². The lowest BCUT2D eigenvalue weighted by Gasteiger charge is -2.13. The van der Waals surface area contributed by atoms with Crippen molar-refractivity contribution >= 4 is 19.5 Å². The SMILES string of the molecule is O=CN(O)CC(O)CC(=O)P(=O)(O)O. The average Bonchev–Trinajstić information content (AvgIpc) is 2.02. The molecule has 0 bridgehead atoms. The first kappa shape index (κ1) is 13.2. The van der Waals surface area contributed by atoms with E-state index in [4.69, 9.17) is 20.1 Å². The molecule has 0 aromatic rings. The largest absolute Gasteiger partial charge is 0.391 e. The van der Waals surface area contributed by atoms with E-state index in [1.807, 2.05) is 0 Å². The zero-order chi connectivity index (χ0) is 11.4. The van der Waals surface area contributed by atoms with E-state index in [1.54, 1.807) is 0 Å². The van der Waals surface area contributed by atoms with Gasteiger partial charge in [-0.2, -0.15) is 0 Å². The molecule has 1 atom stereocenters. The normalized spacial score (nSPS) is 13.4. The molecular weight excluding hydrogens is 217 g/mol. The smallest absolute Gasteiger partial charge is 0.391 e. The van der Waals surface area contributed by atoms with Gasteiger partial charge in [0.1, 0.15) is 0 Å². The first-order chi connectivity index (χ1) is 6.27. The summed E-state index contributed by atoms with van der Waals surface area (Å²) in [6.07, 6.45) is -2.34. The molecule has 0 fully saturated rings. The monoisotopic (exact) mass is 227 g/mol. The van der Waals surface area contributed by atoms with Crippen molar-refractivity contribution in [2.45, 2.75) is 12.5 Å². The van der Waals surface area contributed by atoms with Crippen LogP contribution in [0.4, 0.5) is 0 Å². The van der Waals surface area contributed by atoms with E-state index in [0.717, 1.165) is 0 Å². The minimum Gasteiger partial charge on any atom is -0.391 e. The second-order valence-electron chi connectivity index (χ2n) is 2.52. The Morgan fingerprint density at radius 3 is 2.36 bits per heavy atom. The van der Waals surface area contributed by atoms with Gasteiger partial charge in [0.15, 0.2) is 0 Å². The standard InChI is InChI=1S/C5H10NO7P/c7-3-6(10)2-4(8)1-5(9)14(11,12)13/h3-4,8,10H,1-2H2,(H2,11,12,13). The highest BCUT2D eigenvalue weighted by Gasteiger charge is 2.28. The van der Waals surface area contributed by atoms with Crippen molar-refractivity contribution < 1.29 is 34.3 Å². The van der Waals surface area contributed by atoms with Gasteiger partial charge in [-0.05, 0) is 0 Å². The summed E-state index contributed by atoms with van der Waals surface area (Å²) in [6, 6.07) is 0. The molecule has 0 aliphatic carbocycles. The Morgan fingerprint density at radius 2 is 2.00 bits per heavy atom. The molecule has 0 spiro atoms. The van der Waals surface area contributed by atoms with Crippen LogP contribution in [0.2, 0.25) is 0 Å². The molecule has 0 radical (unpaired) electrons. The molecular formula is C5H10NO7P. The summed E-state index contributed by atoms with van der Waals surface area (Å²) in [5.41, 5.74) is -1.44. The van der Waals surface area contributed by atoms with E-state index < -0.39 is 32.2 Å². The fraction of sp³-hybridized carbons (Fsp3) is 0.600. The summed E-state index contributed by atoms with van der Waals surface area (Å²) in [7, 11) is -4.85. The molecule has 9 heteroatoms. The molecule has 1 amide bonds. The third-order valence-electron chi connectivity index (χ3n) is 1.25. The highest BCUT2D eigenvalue weighted by Crippen LogP contribution is 2.37. The first-order valence-corrected chi connectivity index (χ1v) is 5.06. The molecule has 0 aliphatic heterocycles. The molecule has 0 aliphatic rings. The Labute approximate surface area is 78.9 Å². The molecule has 8 nitrogen and oxygen atoms in total. The van der Waals surface area contributed by atoms with Crippen LogP contribution >= 0.6 is 7.60 Å². The van der Waals surface area contributed by atoms with Gasteiger partial charge in [-0.3, -0.25) is 19.4 Å². The first-order valence-electron chi connectivity index (χ1n) is 3.45. The van der Waals surface area contributed by atoms with Crippen LogP contribution in [0.3, 0.4) is 0 Å². The van der Waals surface area contributed by atoms with Crippen molar-refractivity contribution in [3.8, 4) is 0 Å². The minimum absolute atomic E-state index is 0.00875. The van der Waals surface area contributed by atoms with Crippen molar-refractivity contribution in [3.05, 3.63) is 0 Å². The average molecular weight is 227 g/mol. The maximum absolute atomic E-state index is 10.6. The molecule has 0 aromatic carbocycles. The molecule has 82 valence electrons. The fourth-order valence-electron chi connectivity index (χ4n) is 0.644. The van der Waals surface area contributed by atoms with Crippen molar-refractivity contribution in [2.24, 2.45) is 0 Å². The maximum atomic E-state index is 10.6. The highest BCUT2D eigenvalue weighted by atomic mass is 31.2. The third-order valence-corrected chi connectivity index (χ3v) is 2.09. The number of rotatable bonds is 6. The topological polar surface area (TPSA) is 135 Å². The predicted octanol–water partition coefficient (Wildman–Crippen LogP) is -1.71. The minimum atomic E-state index is -4.85. The van der Waals surface area contributed by atoms with Crippen LogP contribution in [-0.2, 0) is 14.2 Å². The van der Waals surface area contributed by atoms with Crippen LogP contribution in [0.5, 0.6) is 0 Å². The Bertz CT molecular complexity index is 261. The highest BCUT2D eigenvalue weighted by molar-refractivity contribution is 7.70. The Kier molecular flexibility index (Phi) is 4.89. The van der Waals surface area contributed by atoms with Crippen molar-refractivity contribution in [3.63, 3.8) is 0 Å². The van der Waals surface area contributed by atoms with E-state index >= 15 is 0 Å². The van der Waals surface area contributed by atoms with Gasteiger partial charge in [-0.15, -0.1) is 0 Å². The number of carbonyl (C=O) groups excluding carboxylic acids is 2. The molecule has 0 saturated carbocycles. The molecule has 0 saturated heterocycles. The number of amides is 1. The van der Waals surface area contributed by atoms with Crippen molar-refractivity contribution in [1.82, 2.24) is 5.06 Å². The number of aliphatic hydroxyl groups excluding tert-OH is 1. The van der Waals surface area contributed by atoms with Crippen LogP contribution in [0.1, 0.15) is 6.42 Å². The zero-order valence-electron chi connectivity index (χ0n) is 6.98. The number of nitrogens with zero attached hydrogens (tertiary/aromatic N) is 1. The van der Waals surface area contributed by atoms with Gasteiger partial charge in [-0.25, -0.2) is 5.06 Å². The van der Waals surface area contributed by atoms with E-state index in [1.165, 1.54) is 0 Å². The van der Waals surface area contributed by atoms with Gasteiger partial charge in [0.25, 0.3) is 0 Å². The lowest BCUT2D eigenvalue weighted by molar-refractivity contribution is -0.155. The second kappa shape index (κ2) is 5.18. The van der Waals surface area contributed by atoms with Gasteiger partial charge in [0.05, 0.1) is 12.6 Å². The van der Waals surface area contributed by atoms with E-state index in [-0.39, 0.29) is 11.5 Å². The third kappa shape index (κ3) is 5.05. The molecule has 14 heavy (non-hydrogen) atoms. The number of hydrogen-bond acceptors (Lipinski definition) is 5. The van der Waals surface area contributed by atoms with Gasteiger partial charge in [-0.1, -0.05) is 0 Å². The summed E-state index contributed by atoms with van der Waals surface area (Å²) in [4.78, 5) is 37.1. The predicted molar refractivity (Wildman–Crippen MR) is 42.2 cm³/mol. The fourth-order valence-corrected chi connectivity index (χ4v) is 1.09. The lowest BCUT2D eigenvalue weighted by atomic mass is 10.3. The quantitative estimate of drug-likeness (QED) is 0.183. The van der Waals surface area contributed by atoms with Gasteiger partial charge < -0.3 is 14.9 Å². The lowest BCUT2D eigenvalue weighted by Crippen LogP contribution is -2.30. The molecule has 1 unspecified atom stereocenters. The van der Waals surface area contributed by atoms with Crippen LogP contribution in [0.25, 0.3) is 0 Å². The van der Waals surface area contributed by atoms with Gasteiger partial charge >= 0.3 is 7.60 Å². The van der Waals surface area contributed by atoms with Crippen LogP contribution < -0.4 is 0 Å². The summed E-state index contributed by atoms with van der Waals surface area (Å²) in [5.74, 6) is 0. The molecule has 0 rings (SSSR count).